The zero-order valence-electron chi connectivity index (χ0n) is 14.5. The minimum atomic E-state index is -4.69. The number of fused-ring (bicyclic) bond motifs is 1. The molecule has 0 radical (unpaired) electrons. The third-order valence-corrected chi connectivity index (χ3v) is 5.02. The van der Waals surface area contributed by atoms with Crippen molar-refractivity contribution in [3.05, 3.63) is 34.6 Å². The number of carbonyl (C=O) groups excluding carboxylic acids is 1. The van der Waals surface area contributed by atoms with Gasteiger partial charge in [-0.2, -0.15) is 13.2 Å². The molecule has 1 aromatic carbocycles. The molecule has 1 aromatic heterocycles. The molecular weight excluding hydrogens is 351 g/mol. The molecule has 0 aliphatic carbocycles. The van der Waals surface area contributed by atoms with E-state index >= 15 is 0 Å². The molecule has 1 aliphatic rings. The van der Waals surface area contributed by atoms with Gasteiger partial charge in [-0.05, 0) is 31.9 Å². The van der Waals surface area contributed by atoms with E-state index in [0.29, 0.717) is 11.1 Å². The minimum absolute atomic E-state index is 0.0376. The van der Waals surface area contributed by atoms with Crippen LogP contribution in [0.1, 0.15) is 27.2 Å². The molecule has 0 bridgehead atoms. The first-order valence-corrected chi connectivity index (χ1v) is 8.10. The van der Waals surface area contributed by atoms with E-state index in [0.717, 1.165) is 21.4 Å². The summed E-state index contributed by atoms with van der Waals surface area (Å²) < 4.78 is 45.1. The molecule has 0 spiro atoms. The molecule has 0 unspecified atom stereocenters. The second-order valence-electron chi connectivity index (χ2n) is 6.76. The summed E-state index contributed by atoms with van der Waals surface area (Å²) in [7, 11) is 0. The van der Waals surface area contributed by atoms with Crippen molar-refractivity contribution >= 4 is 22.8 Å². The molecule has 8 heteroatoms. The Labute approximate surface area is 147 Å². The number of rotatable bonds is 2. The number of hydrogen-bond donors (Lipinski definition) is 1. The van der Waals surface area contributed by atoms with Crippen molar-refractivity contribution in [3.63, 3.8) is 0 Å². The van der Waals surface area contributed by atoms with Gasteiger partial charge >= 0.3 is 12.1 Å². The van der Waals surface area contributed by atoms with Crippen LogP contribution in [-0.2, 0) is 4.79 Å². The van der Waals surface area contributed by atoms with E-state index in [1.807, 2.05) is 26.0 Å². The fourth-order valence-corrected chi connectivity index (χ4v) is 3.57. The molecule has 2 atom stereocenters. The fourth-order valence-electron chi connectivity index (χ4n) is 3.57. The number of halogens is 3. The third-order valence-electron chi connectivity index (χ3n) is 5.02. The summed E-state index contributed by atoms with van der Waals surface area (Å²) in [4.78, 5) is 24.9. The summed E-state index contributed by atoms with van der Waals surface area (Å²) in [5.41, 5.74) is 2.77. The number of carboxylic acid groups (broad SMARTS) is 1. The van der Waals surface area contributed by atoms with E-state index in [-0.39, 0.29) is 5.76 Å². The lowest BCUT2D eigenvalue weighted by molar-refractivity contribution is -0.187. The number of furan rings is 1. The van der Waals surface area contributed by atoms with E-state index in [4.69, 9.17) is 9.52 Å². The summed E-state index contributed by atoms with van der Waals surface area (Å²) in [5, 5.41) is 9.86. The predicted octanol–water partition coefficient (Wildman–Crippen LogP) is 3.69. The Bertz CT molecular complexity index is 900. The van der Waals surface area contributed by atoms with Gasteiger partial charge in [-0.25, -0.2) is 0 Å². The van der Waals surface area contributed by atoms with Gasteiger partial charge in [0.25, 0.3) is 5.91 Å². The maximum Gasteiger partial charge on any atom is 0.394 e. The van der Waals surface area contributed by atoms with Crippen molar-refractivity contribution in [2.75, 3.05) is 13.1 Å². The molecule has 1 saturated heterocycles. The normalized spacial score (nSPS) is 20.8. The molecule has 1 N–H and O–H groups in total. The highest BCUT2D eigenvalue weighted by molar-refractivity contribution is 6.00. The van der Waals surface area contributed by atoms with E-state index < -0.39 is 43.0 Å². The quantitative estimate of drug-likeness (QED) is 0.876. The molecule has 1 amide bonds. The SMILES string of the molecule is Cc1ccc(C)c2c(C)c(C(=O)N3C[C@@H](C(F)(F)F)[C@H](C(=O)O)C3)oc12. The predicted molar refractivity (Wildman–Crippen MR) is 87.0 cm³/mol. The highest BCUT2D eigenvalue weighted by Crippen LogP contribution is 2.39. The van der Waals surface area contributed by atoms with E-state index in [9.17, 15) is 22.8 Å². The Kier molecular flexibility index (Phi) is 4.24. The number of alkyl halides is 3. The summed E-state index contributed by atoms with van der Waals surface area (Å²) in [6, 6.07) is 3.72. The molecule has 0 saturated carbocycles. The molecule has 1 fully saturated rings. The summed E-state index contributed by atoms with van der Waals surface area (Å²) >= 11 is 0. The average Bonchev–Trinajstić information content (AvgIpc) is 3.13. The number of carbonyl (C=O) groups is 2. The van der Waals surface area contributed by atoms with Gasteiger partial charge in [0.1, 0.15) is 5.58 Å². The molecule has 1 aliphatic heterocycles. The molecule has 3 rings (SSSR count). The number of carboxylic acids is 1. The van der Waals surface area contributed by atoms with Gasteiger partial charge in [-0.3, -0.25) is 9.59 Å². The van der Waals surface area contributed by atoms with Crippen LogP contribution >= 0.6 is 0 Å². The van der Waals surface area contributed by atoms with Gasteiger partial charge in [0, 0.05) is 24.0 Å². The Morgan fingerprint density at radius 2 is 1.77 bits per heavy atom. The molecule has 2 heterocycles. The van der Waals surface area contributed by atoms with Crippen LogP contribution < -0.4 is 0 Å². The van der Waals surface area contributed by atoms with Gasteiger partial charge in [0.05, 0.1) is 11.8 Å². The van der Waals surface area contributed by atoms with Crippen LogP contribution in [0.4, 0.5) is 13.2 Å². The van der Waals surface area contributed by atoms with Gasteiger partial charge in [0.15, 0.2) is 5.76 Å². The lowest BCUT2D eigenvalue weighted by Crippen LogP contribution is -2.34. The van der Waals surface area contributed by atoms with Crippen LogP contribution in [0, 0.1) is 32.6 Å². The molecule has 26 heavy (non-hydrogen) atoms. The van der Waals surface area contributed by atoms with Crippen LogP contribution in [0.3, 0.4) is 0 Å². The first-order chi connectivity index (χ1) is 12.0. The molecule has 5 nitrogen and oxygen atoms in total. The highest BCUT2D eigenvalue weighted by atomic mass is 19.4. The van der Waals surface area contributed by atoms with Gasteiger partial charge in [0.2, 0.25) is 0 Å². The van der Waals surface area contributed by atoms with Gasteiger partial charge < -0.3 is 14.4 Å². The Morgan fingerprint density at radius 1 is 1.15 bits per heavy atom. The lowest BCUT2D eigenvalue weighted by atomic mass is 9.96. The Hall–Kier alpha value is -2.51. The number of benzene rings is 1. The molecular formula is C18H18F3NO4. The first-order valence-electron chi connectivity index (χ1n) is 8.10. The zero-order chi connectivity index (χ0) is 19.4. The summed E-state index contributed by atoms with van der Waals surface area (Å²) in [5.74, 6) is -6.07. The smallest absolute Gasteiger partial charge is 0.394 e. The molecule has 140 valence electrons. The second-order valence-corrected chi connectivity index (χ2v) is 6.76. The van der Waals surface area contributed by atoms with Crippen LogP contribution in [0.2, 0.25) is 0 Å². The highest BCUT2D eigenvalue weighted by Gasteiger charge is 2.54. The van der Waals surface area contributed by atoms with Crippen LogP contribution in [0.25, 0.3) is 11.0 Å². The van der Waals surface area contributed by atoms with Crippen molar-refractivity contribution in [1.29, 1.82) is 0 Å². The van der Waals surface area contributed by atoms with Crippen LogP contribution in [-0.4, -0.2) is 41.1 Å². The topological polar surface area (TPSA) is 70.8 Å². The number of amides is 1. The van der Waals surface area contributed by atoms with Crippen molar-refractivity contribution in [2.24, 2.45) is 11.8 Å². The average molecular weight is 369 g/mol. The Morgan fingerprint density at radius 3 is 2.27 bits per heavy atom. The number of aliphatic carboxylic acids is 1. The maximum atomic E-state index is 13.1. The van der Waals surface area contributed by atoms with E-state index in [1.54, 1.807) is 6.92 Å². The number of hydrogen-bond acceptors (Lipinski definition) is 3. The van der Waals surface area contributed by atoms with Crippen LogP contribution in [0.5, 0.6) is 0 Å². The lowest BCUT2D eigenvalue weighted by Gasteiger charge is -2.18. The van der Waals surface area contributed by atoms with Gasteiger partial charge in [-0.15, -0.1) is 0 Å². The molecule has 2 aromatic rings. The van der Waals surface area contributed by atoms with E-state index in [2.05, 4.69) is 0 Å². The standard InChI is InChI=1S/C18H18F3NO4/c1-8-4-5-9(2)14-13(8)10(3)15(26-14)16(23)22-6-11(17(24)25)12(7-22)18(19,20)21/h4-5,11-12H,6-7H2,1-3H3,(H,24,25)/t11-,12-/m1/s1. The Balaban J connectivity index is 1.99. The summed E-state index contributed by atoms with van der Waals surface area (Å²) in [6.07, 6.45) is -4.69. The van der Waals surface area contributed by atoms with Crippen molar-refractivity contribution in [3.8, 4) is 0 Å². The van der Waals surface area contributed by atoms with Crippen molar-refractivity contribution in [2.45, 2.75) is 26.9 Å². The van der Waals surface area contributed by atoms with Crippen LogP contribution in [0.15, 0.2) is 16.5 Å². The zero-order valence-corrected chi connectivity index (χ0v) is 14.5. The second kappa shape index (κ2) is 6.03. The minimum Gasteiger partial charge on any atom is -0.481 e. The first kappa shape index (κ1) is 18.3. The summed E-state index contributed by atoms with van der Waals surface area (Å²) in [6.45, 7) is 4.17. The largest absolute Gasteiger partial charge is 0.481 e. The number of likely N-dealkylation sites (tertiary alicyclic amines) is 1. The number of nitrogens with zero attached hydrogens (tertiary/aromatic N) is 1. The third kappa shape index (κ3) is 2.83. The van der Waals surface area contributed by atoms with Gasteiger partial charge in [-0.1, -0.05) is 12.1 Å². The number of aryl methyl sites for hydroxylation is 3. The van der Waals surface area contributed by atoms with Crippen molar-refractivity contribution < 1.29 is 32.3 Å². The fraction of sp³-hybridized carbons (Fsp3) is 0.444. The van der Waals surface area contributed by atoms with Crippen molar-refractivity contribution in [1.82, 2.24) is 4.90 Å². The van der Waals surface area contributed by atoms with E-state index in [1.165, 1.54) is 0 Å². The maximum absolute atomic E-state index is 13.1. The monoisotopic (exact) mass is 369 g/mol.